The largest absolute Gasteiger partial charge is 0.452 e. The third-order valence-corrected chi connectivity index (χ3v) is 4.19. The first-order valence-electron chi connectivity index (χ1n) is 9.16. The van der Waals surface area contributed by atoms with Crippen molar-refractivity contribution in [2.75, 3.05) is 25.5 Å². The molecule has 2 aromatic heterocycles. The van der Waals surface area contributed by atoms with Crippen LogP contribution < -0.4 is 5.32 Å². The van der Waals surface area contributed by atoms with E-state index in [9.17, 15) is 14.4 Å². The number of nitrogens with zero attached hydrogens (tertiary/aromatic N) is 4. The third-order valence-electron chi connectivity index (χ3n) is 4.19. The average molecular weight is 407 g/mol. The van der Waals surface area contributed by atoms with E-state index < -0.39 is 18.5 Å². The van der Waals surface area contributed by atoms with Crippen LogP contribution in [0.2, 0.25) is 0 Å². The van der Waals surface area contributed by atoms with E-state index in [1.54, 1.807) is 41.3 Å². The van der Waals surface area contributed by atoms with Gasteiger partial charge in [0.25, 0.3) is 5.91 Å². The van der Waals surface area contributed by atoms with Crippen molar-refractivity contribution in [1.29, 1.82) is 0 Å². The van der Waals surface area contributed by atoms with Crippen molar-refractivity contribution in [2.24, 2.45) is 0 Å². The van der Waals surface area contributed by atoms with Crippen LogP contribution >= 0.6 is 0 Å². The highest BCUT2D eigenvalue weighted by molar-refractivity contribution is 5.95. The van der Waals surface area contributed by atoms with Crippen LogP contribution in [0.5, 0.6) is 0 Å². The second-order valence-electron chi connectivity index (χ2n) is 6.60. The molecule has 9 nitrogen and oxygen atoms in total. The number of carbonyl (C=O) groups excluding carboxylic acids is 3. The summed E-state index contributed by atoms with van der Waals surface area (Å²) in [6.45, 7) is 1.31. The van der Waals surface area contributed by atoms with Gasteiger partial charge >= 0.3 is 5.97 Å². The van der Waals surface area contributed by atoms with Crippen molar-refractivity contribution in [2.45, 2.75) is 6.92 Å². The predicted octanol–water partition coefficient (Wildman–Crippen LogP) is 1.83. The lowest BCUT2D eigenvalue weighted by molar-refractivity contribution is -0.136. The van der Waals surface area contributed by atoms with Gasteiger partial charge in [0.1, 0.15) is 0 Å². The maximum Gasteiger partial charge on any atom is 0.340 e. The van der Waals surface area contributed by atoms with E-state index in [4.69, 9.17) is 4.74 Å². The fourth-order valence-electron chi connectivity index (χ4n) is 2.51. The first-order valence-corrected chi connectivity index (χ1v) is 9.16. The molecule has 0 aliphatic rings. The van der Waals surface area contributed by atoms with Gasteiger partial charge in [0, 0.05) is 31.3 Å². The second kappa shape index (κ2) is 9.46. The third kappa shape index (κ3) is 5.51. The van der Waals surface area contributed by atoms with Crippen LogP contribution in [0.15, 0.2) is 61.1 Å². The van der Waals surface area contributed by atoms with Crippen LogP contribution in [0.4, 0.5) is 5.69 Å². The molecule has 3 rings (SSSR count). The van der Waals surface area contributed by atoms with Crippen molar-refractivity contribution in [3.63, 3.8) is 0 Å². The molecular weight excluding hydrogens is 386 g/mol. The Morgan fingerprint density at radius 2 is 1.90 bits per heavy atom. The SMILES string of the molecule is Cc1ccc(NC(=O)CN(C)C(=O)COC(=O)c2ccc(-n3cccn3)nc2)cc1. The number of hydrogen-bond donors (Lipinski definition) is 1. The molecule has 0 fully saturated rings. The molecule has 0 radical (unpaired) electrons. The number of aryl methyl sites for hydroxylation is 1. The van der Waals surface area contributed by atoms with Gasteiger partial charge in [-0.2, -0.15) is 5.10 Å². The highest BCUT2D eigenvalue weighted by Gasteiger charge is 2.16. The molecule has 30 heavy (non-hydrogen) atoms. The smallest absolute Gasteiger partial charge is 0.340 e. The molecule has 154 valence electrons. The van der Waals surface area contributed by atoms with Gasteiger partial charge in [0.2, 0.25) is 5.91 Å². The summed E-state index contributed by atoms with van der Waals surface area (Å²) in [5.41, 5.74) is 1.93. The van der Waals surface area contributed by atoms with E-state index in [0.29, 0.717) is 11.5 Å². The van der Waals surface area contributed by atoms with Gasteiger partial charge in [-0.1, -0.05) is 17.7 Å². The molecular formula is C21H21N5O4. The fraction of sp³-hybridized carbons (Fsp3) is 0.190. The first kappa shape index (κ1) is 20.7. The molecule has 0 saturated carbocycles. The van der Waals surface area contributed by atoms with E-state index in [1.807, 2.05) is 19.1 Å². The van der Waals surface area contributed by atoms with Crippen molar-refractivity contribution in [3.8, 4) is 5.82 Å². The molecule has 2 heterocycles. The van der Waals surface area contributed by atoms with Crippen molar-refractivity contribution in [3.05, 3.63) is 72.2 Å². The van der Waals surface area contributed by atoms with Crippen LogP contribution in [0.1, 0.15) is 15.9 Å². The van der Waals surface area contributed by atoms with Crippen LogP contribution in [0.3, 0.4) is 0 Å². The molecule has 1 N–H and O–H groups in total. The van der Waals surface area contributed by atoms with Gasteiger partial charge in [-0.15, -0.1) is 0 Å². The standard InChI is InChI=1S/C21H21N5O4/c1-15-4-7-17(8-5-15)24-19(27)13-25(2)20(28)14-30-21(29)16-6-9-18(22-12-16)26-11-3-10-23-26/h3-12H,13-14H2,1-2H3,(H,24,27). The van der Waals surface area contributed by atoms with Crippen molar-refractivity contribution < 1.29 is 19.1 Å². The Hall–Kier alpha value is -4.01. The molecule has 0 aliphatic carbocycles. The number of hydrogen-bond acceptors (Lipinski definition) is 6. The highest BCUT2D eigenvalue weighted by atomic mass is 16.5. The second-order valence-corrected chi connectivity index (χ2v) is 6.60. The fourth-order valence-corrected chi connectivity index (χ4v) is 2.51. The lowest BCUT2D eigenvalue weighted by Crippen LogP contribution is -2.37. The van der Waals surface area contributed by atoms with Crippen LogP contribution in [-0.4, -0.2) is 57.6 Å². The summed E-state index contributed by atoms with van der Waals surface area (Å²) < 4.78 is 6.58. The number of pyridine rings is 1. The highest BCUT2D eigenvalue weighted by Crippen LogP contribution is 2.09. The Balaban J connectivity index is 1.46. The van der Waals surface area contributed by atoms with E-state index >= 15 is 0 Å². The molecule has 0 bridgehead atoms. The number of aromatic nitrogens is 3. The summed E-state index contributed by atoms with van der Waals surface area (Å²) in [5, 5.41) is 6.76. The van der Waals surface area contributed by atoms with E-state index in [1.165, 1.54) is 24.2 Å². The zero-order valence-corrected chi connectivity index (χ0v) is 16.6. The summed E-state index contributed by atoms with van der Waals surface area (Å²) in [4.78, 5) is 41.7. The van der Waals surface area contributed by atoms with Gasteiger partial charge < -0.3 is 15.0 Å². The molecule has 0 saturated heterocycles. The zero-order valence-electron chi connectivity index (χ0n) is 16.6. The molecule has 1 aromatic carbocycles. The van der Waals surface area contributed by atoms with E-state index in [2.05, 4.69) is 15.4 Å². The summed E-state index contributed by atoms with van der Waals surface area (Å²) in [7, 11) is 1.46. The number of rotatable bonds is 7. The number of anilines is 1. The maximum absolute atomic E-state index is 12.2. The van der Waals surface area contributed by atoms with Gasteiger partial charge in [0.15, 0.2) is 12.4 Å². The molecule has 0 atom stereocenters. The van der Waals surface area contributed by atoms with Crippen LogP contribution in [0, 0.1) is 6.92 Å². The lowest BCUT2D eigenvalue weighted by Gasteiger charge is -2.17. The number of nitrogens with one attached hydrogen (secondary N) is 1. The van der Waals surface area contributed by atoms with Gasteiger partial charge in [-0.3, -0.25) is 9.59 Å². The first-order chi connectivity index (χ1) is 14.4. The Kier molecular flexibility index (Phi) is 6.53. The minimum atomic E-state index is -0.680. The number of esters is 1. The minimum absolute atomic E-state index is 0.162. The Morgan fingerprint density at radius 3 is 2.53 bits per heavy atom. The molecule has 2 amide bonds. The Labute approximate surface area is 173 Å². The van der Waals surface area contributed by atoms with E-state index in [0.717, 1.165) is 5.56 Å². The predicted molar refractivity (Wildman–Crippen MR) is 109 cm³/mol. The van der Waals surface area contributed by atoms with Crippen LogP contribution in [0.25, 0.3) is 5.82 Å². The number of amides is 2. The molecule has 0 unspecified atom stereocenters. The average Bonchev–Trinajstić information content (AvgIpc) is 3.28. The molecule has 9 heteroatoms. The maximum atomic E-state index is 12.2. The number of benzene rings is 1. The van der Waals surface area contributed by atoms with Crippen LogP contribution in [-0.2, 0) is 14.3 Å². The molecule has 0 spiro atoms. The zero-order chi connectivity index (χ0) is 21.5. The quantitative estimate of drug-likeness (QED) is 0.599. The summed E-state index contributed by atoms with van der Waals surface area (Å²) in [5.74, 6) is -0.977. The topological polar surface area (TPSA) is 106 Å². The Morgan fingerprint density at radius 1 is 1.13 bits per heavy atom. The van der Waals surface area contributed by atoms with Gasteiger partial charge in [0.05, 0.1) is 12.1 Å². The Bertz CT molecular complexity index is 1010. The summed E-state index contributed by atoms with van der Waals surface area (Å²) in [6.07, 6.45) is 4.69. The van der Waals surface area contributed by atoms with Crippen molar-refractivity contribution in [1.82, 2.24) is 19.7 Å². The number of carbonyl (C=O) groups is 3. The monoisotopic (exact) mass is 407 g/mol. The van der Waals surface area contributed by atoms with Gasteiger partial charge in [-0.05, 0) is 37.3 Å². The minimum Gasteiger partial charge on any atom is -0.452 e. The summed E-state index contributed by atoms with van der Waals surface area (Å²) >= 11 is 0. The van der Waals surface area contributed by atoms with Gasteiger partial charge in [-0.25, -0.2) is 14.5 Å². The number of ether oxygens (including phenoxy) is 1. The molecule has 0 aliphatic heterocycles. The normalized spacial score (nSPS) is 10.3. The molecule has 3 aromatic rings. The lowest BCUT2D eigenvalue weighted by atomic mass is 10.2. The summed E-state index contributed by atoms with van der Waals surface area (Å²) in [6, 6.07) is 12.2. The van der Waals surface area contributed by atoms with E-state index in [-0.39, 0.29) is 18.0 Å². The van der Waals surface area contributed by atoms with Crippen molar-refractivity contribution >= 4 is 23.5 Å². The number of likely N-dealkylation sites (N-methyl/N-ethyl adjacent to an activating group) is 1.